The third-order valence-electron chi connectivity index (χ3n) is 1.80. The standard InChI is InChI=1S/C9H10INO2/c1-12-9-7(13-6-2-3-6)4-5-8(10)11-9/h4-6H,2-3H2,1H3. The van der Waals surface area contributed by atoms with E-state index in [9.17, 15) is 0 Å². The maximum absolute atomic E-state index is 5.61. The summed E-state index contributed by atoms with van der Waals surface area (Å²) < 4.78 is 11.6. The highest BCUT2D eigenvalue weighted by Gasteiger charge is 2.25. The molecule has 1 aromatic heterocycles. The summed E-state index contributed by atoms with van der Waals surface area (Å²) in [6, 6.07) is 3.83. The van der Waals surface area contributed by atoms with E-state index in [1.54, 1.807) is 7.11 Å². The van der Waals surface area contributed by atoms with Crippen molar-refractivity contribution in [2.24, 2.45) is 0 Å². The summed E-state index contributed by atoms with van der Waals surface area (Å²) in [5.74, 6) is 1.34. The molecule has 1 aliphatic carbocycles. The highest BCUT2D eigenvalue weighted by Crippen LogP contribution is 2.32. The van der Waals surface area contributed by atoms with E-state index in [2.05, 4.69) is 27.6 Å². The molecule has 4 heteroatoms. The van der Waals surface area contributed by atoms with Crippen LogP contribution >= 0.6 is 22.6 Å². The lowest BCUT2D eigenvalue weighted by Crippen LogP contribution is -2.00. The Kier molecular flexibility index (Phi) is 2.57. The van der Waals surface area contributed by atoms with Crippen LogP contribution in [-0.4, -0.2) is 18.2 Å². The molecule has 1 aromatic rings. The maximum atomic E-state index is 5.61. The van der Waals surface area contributed by atoms with Crippen molar-refractivity contribution < 1.29 is 9.47 Å². The van der Waals surface area contributed by atoms with Gasteiger partial charge in [0.15, 0.2) is 5.75 Å². The lowest BCUT2D eigenvalue weighted by molar-refractivity contribution is 0.276. The van der Waals surface area contributed by atoms with Crippen LogP contribution in [0, 0.1) is 3.70 Å². The normalized spacial score (nSPS) is 15.5. The van der Waals surface area contributed by atoms with E-state index in [-0.39, 0.29) is 0 Å². The van der Waals surface area contributed by atoms with Gasteiger partial charge in [-0.2, -0.15) is 0 Å². The Bertz CT molecular complexity index is 312. The van der Waals surface area contributed by atoms with Gasteiger partial charge in [0.05, 0.1) is 13.2 Å². The zero-order valence-corrected chi connectivity index (χ0v) is 9.45. The first kappa shape index (κ1) is 9.05. The third kappa shape index (κ3) is 2.24. The van der Waals surface area contributed by atoms with Crippen molar-refractivity contribution in [2.45, 2.75) is 18.9 Å². The first-order valence-corrected chi connectivity index (χ1v) is 5.24. The molecule has 3 nitrogen and oxygen atoms in total. The second-order valence-corrected chi connectivity index (χ2v) is 4.06. The molecule has 1 heterocycles. The van der Waals surface area contributed by atoms with Crippen molar-refractivity contribution in [3.8, 4) is 11.6 Å². The van der Waals surface area contributed by atoms with Gasteiger partial charge in [0.2, 0.25) is 0 Å². The Morgan fingerprint density at radius 2 is 2.23 bits per heavy atom. The van der Waals surface area contributed by atoms with Crippen molar-refractivity contribution in [2.75, 3.05) is 7.11 Å². The molecule has 70 valence electrons. The second-order valence-electron chi connectivity index (χ2n) is 2.96. The largest absolute Gasteiger partial charge is 0.485 e. The number of ether oxygens (including phenoxy) is 2. The van der Waals surface area contributed by atoms with Gasteiger partial charge in [-0.1, -0.05) is 0 Å². The van der Waals surface area contributed by atoms with Gasteiger partial charge in [0, 0.05) is 0 Å². The molecular weight excluding hydrogens is 281 g/mol. The number of methoxy groups -OCH3 is 1. The summed E-state index contributed by atoms with van der Waals surface area (Å²) in [7, 11) is 1.61. The van der Waals surface area contributed by atoms with Gasteiger partial charge >= 0.3 is 0 Å². The Morgan fingerprint density at radius 3 is 2.85 bits per heavy atom. The summed E-state index contributed by atoms with van der Waals surface area (Å²) in [5.41, 5.74) is 0. The minimum atomic E-state index is 0.385. The molecule has 0 spiro atoms. The lowest BCUT2D eigenvalue weighted by Gasteiger charge is -2.08. The molecule has 0 bridgehead atoms. The number of hydrogen-bond donors (Lipinski definition) is 0. The zero-order chi connectivity index (χ0) is 9.26. The molecule has 0 atom stereocenters. The van der Waals surface area contributed by atoms with Crippen LogP contribution in [0.25, 0.3) is 0 Å². The van der Waals surface area contributed by atoms with Gasteiger partial charge in [-0.15, -0.1) is 0 Å². The van der Waals surface area contributed by atoms with Crippen molar-refractivity contribution >= 4 is 22.6 Å². The minimum absolute atomic E-state index is 0.385. The summed E-state index contributed by atoms with van der Waals surface area (Å²) in [5, 5.41) is 0. The topological polar surface area (TPSA) is 31.4 Å². The van der Waals surface area contributed by atoms with Gasteiger partial charge < -0.3 is 9.47 Å². The lowest BCUT2D eigenvalue weighted by atomic mass is 10.4. The smallest absolute Gasteiger partial charge is 0.257 e. The van der Waals surface area contributed by atoms with Crippen LogP contribution < -0.4 is 9.47 Å². The first-order chi connectivity index (χ1) is 6.29. The fourth-order valence-electron chi connectivity index (χ4n) is 1.01. The number of rotatable bonds is 3. The van der Waals surface area contributed by atoms with E-state index in [1.165, 1.54) is 0 Å². The summed E-state index contributed by atoms with van der Waals surface area (Å²) >= 11 is 2.15. The summed E-state index contributed by atoms with van der Waals surface area (Å²) in [6.07, 6.45) is 2.68. The van der Waals surface area contributed by atoms with Crippen LogP contribution in [-0.2, 0) is 0 Å². The average molecular weight is 291 g/mol. The molecule has 1 aliphatic rings. The van der Waals surface area contributed by atoms with Crippen LogP contribution in [0.1, 0.15) is 12.8 Å². The number of aromatic nitrogens is 1. The Labute approximate surface area is 90.6 Å². The number of nitrogens with zero attached hydrogens (tertiary/aromatic N) is 1. The molecular formula is C9H10INO2. The van der Waals surface area contributed by atoms with Crippen LogP contribution in [0.15, 0.2) is 12.1 Å². The molecule has 0 radical (unpaired) electrons. The highest BCUT2D eigenvalue weighted by atomic mass is 127. The second kappa shape index (κ2) is 3.69. The number of hydrogen-bond acceptors (Lipinski definition) is 3. The minimum Gasteiger partial charge on any atom is -0.485 e. The van der Waals surface area contributed by atoms with Gasteiger partial charge in [-0.25, -0.2) is 4.98 Å². The zero-order valence-electron chi connectivity index (χ0n) is 7.29. The highest BCUT2D eigenvalue weighted by molar-refractivity contribution is 14.1. The van der Waals surface area contributed by atoms with Gasteiger partial charge in [-0.3, -0.25) is 0 Å². The Balaban J connectivity index is 2.21. The van der Waals surface area contributed by atoms with E-state index in [4.69, 9.17) is 9.47 Å². The van der Waals surface area contributed by atoms with E-state index >= 15 is 0 Å². The predicted molar refractivity (Wildman–Crippen MR) is 57.2 cm³/mol. The number of pyridine rings is 1. The quantitative estimate of drug-likeness (QED) is 0.632. The first-order valence-electron chi connectivity index (χ1n) is 4.17. The van der Waals surface area contributed by atoms with Crippen molar-refractivity contribution in [3.63, 3.8) is 0 Å². The summed E-state index contributed by atoms with van der Waals surface area (Å²) in [6.45, 7) is 0. The Hall–Kier alpha value is -0.520. The van der Waals surface area contributed by atoms with Crippen molar-refractivity contribution in [1.82, 2.24) is 4.98 Å². The van der Waals surface area contributed by atoms with Gasteiger partial charge in [0.1, 0.15) is 3.70 Å². The fourth-order valence-corrected chi connectivity index (χ4v) is 1.41. The van der Waals surface area contributed by atoms with E-state index < -0.39 is 0 Å². The van der Waals surface area contributed by atoms with Crippen LogP contribution in [0.4, 0.5) is 0 Å². The fraction of sp³-hybridized carbons (Fsp3) is 0.444. The molecule has 0 aromatic carbocycles. The Morgan fingerprint density at radius 1 is 1.46 bits per heavy atom. The molecule has 0 N–H and O–H groups in total. The molecule has 1 saturated carbocycles. The van der Waals surface area contributed by atoms with Crippen LogP contribution in [0.2, 0.25) is 0 Å². The molecule has 0 aliphatic heterocycles. The van der Waals surface area contributed by atoms with Crippen molar-refractivity contribution in [3.05, 3.63) is 15.8 Å². The molecule has 2 rings (SSSR count). The van der Waals surface area contributed by atoms with E-state index in [1.807, 2.05) is 12.1 Å². The molecule has 0 saturated heterocycles. The predicted octanol–water partition coefficient (Wildman–Crippen LogP) is 2.24. The molecule has 0 unspecified atom stereocenters. The average Bonchev–Trinajstić information content (AvgIpc) is 2.92. The summed E-state index contributed by atoms with van der Waals surface area (Å²) in [4.78, 5) is 4.21. The third-order valence-corrected chi connectivity index (χ3v) is 2.40. The molecule has 13 heavy (non-hydrogen) atoms. The number of halogens is 1. The van der Waals surface area contributed by atoms with Crippen LogP contribution in [0.3, 0.4) is 0 Å². The van der Waals surface area contributed by atoms with E-state index in [0.717, 1.165) is 22.3 Å². The SMILES string of the molecule is COc1nc(I)ccc1OC1CC1. The molecule has 1 fully saturated rings. The molecule has 0 amide bonds. The monoisotopic (exact) mass is 291 g/mol. The maximum Gasteiger partial charge on any atom is 0.257 e. The van der Waals surface area contributed by atoms with E-state index in [0.29, 0.717) is 12.0 Å². The van der Waals surface area contributed by atoms with Gasteiger partial charge in [-0.05, 0) is 47.6 Å². The van der Waals surface area contributed by atoms with Gasteiger partial charge in [0.25, 0.3) is 5.88 Å². The van der Waals surface area contributed by atoms with Crippen LogP contribution in [0.5, 0.6) is 11.6 Å². The van der Waals surface area contributed by atoms with Crippen molar-refractivity contribution in [1.29, 1.82) is 0 Å².